The number of nitrogens with one attached hydrogen (secondary N) is 1. The van der Waals surface area contributed by atoms with Gasteiger partial charge in [-0.1, -0.05) is 42.5 Å². The average Bonchev–Trinajstić information content (AvgIpc) is 2.95. The molecule has 0 aromatic heterocycles. The lowest BCUT2D eigenvalue weighted by Gasteiger charge is -2.29. The summed E-state index contributed by atoms with van der Waals surface area (Å²) in [7, 11) is 0. The van der Waals surface area contributed by atoms with Crippen molar-refractivity contribution in [3.63, 3.8) is 0 Å². The zero-order valence-electron chi connectivity index (χ0n) is 13.6. The number of hydrogen-bond donors (Lipinski definition) is 3. The molecule has 3 N–H and O–H groups in total. The summed E-state index contributed by atoms with van der Waals surface area (Å²) in [4.78, 5) is 24.3. The second kappa shape index (κ2) is 5.74. The van der Waals surface area contributed by atoms with E-state index in [1.807, 2.05) is 24.3 Å². The van der Waals surface area contributed by atoms with Gasteiger partial charge in [0.1, 0.15) is 11.2 Å². The van der Waals surface area contributed by atoms with Crippen LogP contribution in [0.3, 0.4) is 0 Å². The number of fused-ring (bicyclic) bond motifs is 1. The van der Waals surface area contributed by atoms with Gasteiger partial charge in [0.2, 0.25) is 5.91 Å². The fraction of sp³-hybridized carbons (Fsp3) is 0.0476. The first kappa shape index (κ1) is 15.9. The number of aromatic carboxylic acids is 1. The molecule has 5 nitrogen and oxygen atoms in total. The van der Waals surface area contributed by atoms with Crippen LogP contribution < -0.4 is 5.32 Å². The monoisotopic (exact) mass is 345 g/mol. The summed E-state index contributed by atoms with van der Waals surface area (Å²) in [5.74, 6) is -1.13. The maximum atomic E-state index is 13.2. The number of phenols is 1. The predicted octanol–water partition coefficient (Wildman–Crippen LogP) is 3.38. The van der Waals surface area contributed by atoms with Gasteiger partial charge in [0.25, 0.3) is 0 Å². The van der Waals surface area contributed by atoms with E-state index in [1.165, 1.54) is 24.3 Å². The van der Waals surface area contributed by atoms with E-state index >= 15 is 0 Å². The van der Waals surface area contributed by atoms with E-state index in [9.17, 15) is 14.7 Å². The van der Waals surface area contributed by atoms with Gasteiger partial charge in [0, 0.05) is 11.3 Å². The lowest BCUT2D eigenvalue weighted by atomic mass is 9.70. The number of benzene rings is 3. The molecule has 1 aliphatic heterocycles. The van der Waals surface area contributed by atoms with Crippen LogP contribution in [0.1, 0.15) is 27.0 Å². The van der Waals surface area contributed by atoms with Crippen molar-refractivity contribution in [3.05, 3.63) is 95.1 Å². The largest absolute Gasteiger partial charge is 0.508 e. The van der Waals surface area contributed by atoms with Crippen molar-refractivity contribution in [2.75, 3.05) is 5.32 Å². The first-order valence-electron chi connectivity index (χ1n) is 8.08. The third-order valence-electron chi connectivity index (χ3n) is 4.79. The molecule has 4 rings (SSSR count). The molecule has 1 aliphatic rings. The normalized spacial score (nSPS) is 18.2. The minimum Gasteiger partial charge on any atom is -0.508 e. The summed E-state index contributed by atoms with van der Waals surface area (Å²) in [6.07, 6.45) is 0. The molecule has 26 heavy (non-hydrogen) atoms. The number of anilines is 1. The lowest BCUT2D eigenvalue weighted by Crippen LogP contribution is -2.37. The van der Waals surface area contributed by atoms with E-state index in [0.29, 0.717) is 16.8 Å². The third-order valence-corrected chi connectivity index (χ3v) is 4.79. The molecule has 1 atom stereocenters. The summed E-state index contributed by atoms with van der Waals surface area (Å²) in [5, 5.41) is 21.7. The Morgan fingerprint density at radius 3 is 2.04 bits per heavy atom. The Morgan fingerprint density at radius 2 is 1.42 bits per heavy atom. The van der Waals surface area contributed by atoms with Crippen LogP contribution >= 0.6 is 0 Å². The molecule has 1 amide bonds. The second-order valence-electron chi connectivity index (χ2n) is 6.18. The number of carboxylic acid groups (broad SMARTS) is 1. The van der Waals surface area contributed by atoms with Crippen LogP contribution in [0.4, 0.5) is 5.69 Å². The van der Waals surface area contributed by atoms with E-state index in [-0.39, 0.29) is 17.2 Å². The minimum atomic E-state index is -1.11. The number of carbonyl (C=O) groups is 2. The van der Waals surface area contributed by atoms with Gasteiger partial charge in [-0.2, -0.15) is 0 Å². The highest BCUT2D eigenvalue weighted by molar-refractivity contribution is 6.11. The van der Waals surface area contributed by atoms with Gasteiger partial charge in [0.15, 0.2) is 0 Å². The van der Waals surface area contributed by atoms with Crippen molar-refractivity contribution < 1.29 is 19.8 Å². The molecule has 128 valence electrons. The summed E-state index contributed by atoms with van der Waals surface area (Å²) < 4.78 is 0. The van der Waals surface area contributed by atoms with Crippen molar-refractivity contribution in [1.29, 1.82) is 0 Å². The number of phenolic OH excluding ortho intramolecular Hbond substituents is 1. The molecule has 0 aliphatic carbocycles. The Hall–Kier alpha value is -3.60. The van der Waals surface area contributed by atoms with Crippen LogP contribution in [0.5, 0.6) is 5.75 Å². The van der Waals surface area contributed by atoms with Gasteiger partial charge < -0.3 is 15.5 Å². The van der Waals surface area contributed by atoms with Crippen LogP contribution in [0.2, 0.25) is 0 Å². The number of carboxylic acids is 1. The van der Waals surface area contributed by atoms with Gasteiger partial charge in [-0.15, -0.1) is 0 Å². The SMILES string of the molecule is O=C(O)c1ccc(C2(c3ccc(O)cc3)C(=O)Nc3ccccc32)cc1. The molecular formula is C21H15NO4. The molecule has 0 saturated carbocycles. The van der Waals surface area contributed by atoms with Crippen molar-refractivity contribution in [2.45, 2.75) is 5.41 Å². The van der Waals surface area contributed by atoms with Crippen molar-refractivity contribution in [3.8, 4) is 5.75 Å². The smallest absolute Gasteiger partial charge is 0.335 e. The number of aromatic hydroxyl groups is 1. The standard InChI is InChI=1S/C21H15NO4/c23-16-11-9-15(10-12-16)21(14-7-5-13(6-8-14)19(24)25)17-3-1-2-4-18(17)22-20(21)26/h1-12,23H,(H,22,26)(H,24,25). The maximum absolute atomic E-state index is 13.2. The summed E-state index contributed by atoms with van der Waals surface area (Å²) >= 11 is 0. The van der Waals surface area contributed by atoms with E-state index in [4.69, 9.17) is 5.11 Å². The van der Waals surface area contributed by atoms with Crippen molar-refractivity contribution >= 4 is 17.6 Å². The van der Waals surface area contributed by atoms with E-state index in [1.54, 1.807) is 24.3 Å². The highest BCUT2D eigenvalue weighted by Gasteiger charge is 2.49. The number of carbonyl (C=O) groups excluding carboxylic acids is 1. The maximum Gasteiger partial charge on any atom is 0.335 e. The number of hydrogen-bond acceptors (Lipinski definition) is 3. The molecular weight excluding hydrogens is 330 g/mol. The molecule has 0 fully saturated rings. The molecule has 0 saturated heterocycles. The average molecular weight is 345 g/mol. The van der Waals surface area contributed by atoms with Crippen LogP contribution in [0.25, 0.3) is 0 Å². The Morgan fingerprint density at radius 1 is 0.846 bits per heavy atom. The topological polar surface area (TPSA) is 86.6 Å². The summed E-state index contributed by atoms with van der Waals surface area (Å²) in [5.41, 5.74) is 1.91. The van der Waals surface area contributed by atoms with Crippen LogP contribution in [-0.2, 0) is 10.2 Å². The third kappa shape index (κ3) is 2.18. The Balaban J connectivity index is 2.01. The van der Waals surface area contributed by atoms with Crippen molar-refractivity contribution in [1.82, 2.24) is 0 Å². The highest BCUT2D eigenvalue weighted by atomic mass is 16.4. The number of rotatable bonds is 3. The summed E-state index contributed by atoms with van der Waals surface area (Å²) in [6, 6.07) is 20.2. The molecule has 0 radical (unpaired) electrons. The van der Waals surface area contributed by atoms with Gasteiger partial charge in [0.05, 0.1) is 5.56 Å². The molecule has 5 heteroatoms. The molecule has 0 spiro atoms. The lowest BCUT2D eigenvalue weighted by molar-refractivity contribution is -0.118. The Kier molecular flexibility index (Phi) is 3.51. The molecule has 0 bridgehead atoms. The summed E-state index contributed by atoms with van der Waals surface area (Å²) in [6.45, 7) is 0. The molecule has 1 heterocycles. The van der Waals surface area contributed by atoms with E-state index < -0.39 is 11.4 Å². The molecule has 1 unspecified atom stereocenters. The minimum absolute atomic E-state index is 0.108. The van der Waals surface area contributed by atoms with Crippen LogP contribution in [0, 0.1) is 0 Å². The molecule has 3 aromatic rings. The predicted molar refractivity (Wildman–Crippen MR) is 96.5 cm³/mol. The van der Waals surface area contributed by atoms with Gasteiger partial charge in [-0.25, -0.2) is 4.79 Å². The fourth-order valence-corrected chi connectivity index (χ4v) is 3.57. The molecule has 3 aromatic carbocycles. The van der Waals surface area contributed by atoms with Crippen LogP contribution in [-0.4, -0.2) is 22.1 Å². The zero-order chi connectivity index (χ0) is 18.3. The number of amides is 1. The van der Waals surface area contributed by atoms with Gasteiger partial charge in [-0.3, -0.25) is 4.79 Å². The first-order chi connectivity index (χ1) is 12.5. The fourth-order valence-electron chi connectivity index (χ4n) is 3.57. The Bertz CT molecular complexity index is 1010. The first-order valence-corrected chi connectivity index (χ1v) is 8.08. The van der Waals surface area contributed by atoms with Gasteiger partial charge >= 0.3 is 5.97 Å². The van der Waals surface area contributed by atoms with E-state index in [0.717, 1.165) is 5.56 Å². The van der Waals surface area contributed by atoms with Gasteiger partial charge in [-0.05, 0) is 41.5 Å². The zero-order valence-corrected chi connectivity index (χ0v) is 13.6. The second-order valence-corrected chi connectivity index (χ2v) is 6.18. The van der Waals surface area contributed by atoms with E-state index in [2.05, 4.69) is 5.32 Å². The quantitative estimate of drug-likeness (QED) is 0.679. The van der Waals surface area contributed by atoms with Crippen molar-refractivity contribution in [2.24, 2.45) is 0 Å². The van der Waals surface area contributed by atoms with Crippen LogP contribution in [0.15, 0.2) is 72.8 Å². The highest BCUT2D eigenvalue weighted by Crippen LogP contribution is 2.47. The number of para-hydroxylation sites is 1. The Labute approximate surface area is 149 Å².